The van der Waals surface area contributed by atoms with Gasteiger partial charge >= 0.3 is 12.0 Å². The Labute approximate surface area is 122 Å². The van der Waals surface area contributed by atoms with E-state index in [4.69, 9.17) is 5.11 Å². The molecule has 0 fully saturated rings. The summed E-state index contributed by atoms with van der Waals surface area (Å²) in [5, 5.41) is 22.6. The van der Waals surface area contributed by atoms with Crippen LogP contribution in [-0.2, 0) is 11.2 Å². The van der Waals surface area contributed by atoms with Crippen LogP contribution in [-0.4, -0.2) is 52.3 Å². The highest BCUT2D eigenvalue weighted by Crippen LogP contribution is 2.13. The van der Waals surface area contributed by atoms with Crippen molar-refractivity contribution in [2.45, 2.75) is 38.5 Å². The molecule has 0 aromatic carbocycles. The fourth-order valence-electron chi connectivity index (χ4n) is 1.68. The third kappa shape index (κ3) is 4.50. The van der Waals surface area contributed by atoms with E-state index in [1.807, 2.05) is 24.4 Å². The van der Waals surface area contributed by atoms with Gasteiger partial charge in [0.05, 0.1) is 6.10 Å². The van der Waals surface area contributed by atoms with Gasteiger partial charge < -0.3 is 20.4 Å². The first-order valence-corrected chi connectivity index (χ1v) is 7.17. The van der Waals surface area contributed by atoms with Gasteiger partial charge in [0.15, 0.2) is 6.04 Å². The molecule has 3 atom stereocenters. The molecular formula is C13H20N2O4S. The molecule has 112 valence electrons. The number of likely N-dealkylation sites (N-methyl/N-ethyl adjacent to an activating group) is 1. The fourth-order valence-corrected chi connectivity index (χ4v) is 2.51. The summed E-state index contributed by atoms with van der Waals surface area (Å²) >= 11 is 1.61. The van der Waals surface area contributed by atoms with Crippen LogP contribution in [0, 0.1) is 0 Å². The molecule has 20 heavy (non-hydrogen) atoms. The van der Waals surface area contributed by atoms with Crippen molar-refractivity contribution in [3.63, 3.8) is 0 Å². The van der Waals surface area contributed by atoms with Crippen molar-refractivity contribution >= 4 is 23.3 Å². The smallest absolute Gasteiger partial charge is 0.328 e. The lowest BCUT2D eigenvalue weighted by Gasteiger charge is -2.27. The molecule has 7 heteroatoms. The zero-order valence-electron chi connectivity index (χ0n) is 11.7. The van der Waals surface area contributed by atoms with Gasteiger partial charge in [0.1, 0.15) is 0 Å². The summed E-state index contributed by atoms with van der Waals surface area (Å²) in [6, 6.07) is 2.04. The maximum absolute atomic E-state index is 12.0. The molecule has 1 aromatic rings. The molecule has 1 heterocycles. The molecule has 0 bridgehead atoms. The van der Waals surface area contributed by atoms with E-state index in [0.29, 0.717) is 6.42 Å². The molecule has 6 nitrogen and oxygen atoms in total. The Balaban J connectivity index is 2.59. The molecule has 1 aromatic heterocycles. The number of urea groups is 1. The largest absolute Gasteiger partial charge is 0.480 e. The SMILES string of the molecule is CC(Cc1cccs1)N(C)C(=O)N[C@H](C(=O)O)[C@@H](C)O. The normalized spacial score (nSPS) is 15.2. The van der Waals surface area contributed by atoms with E-state index in [1.54, 1.807) is 18.4 Å². The summed E-state index contributed by atoms with van der Waals surface area (Å²) < 4.78 is 0. The summed E-state index contributed by atoms with van der Waals surface area (Å²) in [5.41, 5.74) is 0. The van der Waals surface area contributed by atoms with E-state index in [-0.39, 0.29) is 6.04 Å². The number of hydrogen-bond acceptors (Lipinski definition) is 4. The number of nitrogens with one attached hydrogen (secondary N) is 1. The molecule has 0 radical (unpaired) electrons. The molecule has 1 rings (SSSR count). The summed E-state index contributed by atoms with van der Waals surface area (Å²) in [5.74, 6) is -1.26. The Hall–Kier alpha value is -1.60. The van der Waals surface area contributed by atoms with Gasteiger partial charge in [-0.3, -0.25) is 0 Å². The van der Waals surface area contributed by atoms with Crippen molar-refractivity contribution in [3.05, 3.63) is 22.4 Å². The zero-order chi connectivity index (χ0) is 15.3. The second-order valence-electron chi connectivity index (χ2n) is 4.75. The molecular weight excluding hydrogens is 280 g/mol. The minimum atomic E-state index is -1.31. The first-order chi connectivity index (χ1) is 9.32. The Bertz CT molecular complexity index is 447. The van der Waals surface area contributed by atoms with Crippen LogP contribution in [0.25, 0.3) is 0 Å². The average Bonchev–Trinajstić information content (AvgIpc) is 2.86. The predicted octanol–water partition coefficient (Wildman–Crippen LogP) is 1.15. The topological polar surface area (TPSA) is 89.9 Å². The zero-order valence-corrected chi connectivity index (χ0v) is 12.6. The number of amides is 2. The number of carbonyl (C=O) groups excluding carboxylic acids is 1. The maximum Gasteiger partial charge on any atom is 0.328 e. The molecule has 0 aliphatic carbocycles. The number of thiophene rings is 1. The number of hydrogen-bond donors (Lipinski definition) is 3. The number of carboxylic acids is 1. The standard InChI is InChI=1S/C13H20N2O4S/c1-8(7-10-5-4-6-20-10)15(3)13(19)14-11(9(2)16)12(17)18/h4-6,8-9,11,16H,7H2,1-3H3,(H,14,19)(H,17,18)/t8?,9-,11+/m1/s1. The van der Waals surface area contributed by atoms with Crippen molar-refractivity contribution in [2.75, 3.05) is 7.05 Å². The van der Waals surface area contributed by atoms with Gasteiger partial charge in [0.25, 0.3) is 0 Å². The highest BCUT2D eigenvalue weighted by atomic mass is 32.1. The van der Waals surface area contributed by atoms with E-state index in [2.05, 4.69) is 5.32 Å². The van der Waals surface area contributed by atoms with E-state index in [9.17, 15) is 14.7 Å². The minimum Gasteiger partial charge on any atom is -0.480 e. The molecule has 2 amide bonds. The molecule has 0 aliphatic heterocycles. The fraction of sp³-hybridized carbons (Fsp3) is 0.538. The van der Waals surface area contributed by atoms with Crippen LogP contribution in [0.15, 0.2) is 17.5 Å². The van der Waals surface area contributed by atoms with Crippen LogP contribution < -0.4 is 5.32 Å². The van der Waals surface area contributed by atoms with Crippen LogP contribution in [0.4, 0.5) is 4.79 Å². The monoisotopic (exact) mass is 300 g/mol. The summed E-state index contributed by atoms with van der Waals surface area (Å²) in [4.78, 5) is 25.5. The average molecular weight is 300 g/mol. The van der Waals surface area contributed by atoms with E-state index >= 15 is 0 Å². The number of carbonyl (C=O) groups is 2. The van der Waals surface area contributed by atoms with Crippen molar-refractivity contribution in [3.8, 4) is 0 Å². The van der Waals surface area contributed by atoms with E-state index < -0.39 is 24.1 Å². The predicted molar refractivity (Wildman–Crippen MR) is 76.9 cm³/mol. The van der Waals surface area contributed by atoms with Gasteiger partial charge in [0, 0.05) is 24.4 Å². The first kappa shape index (κ1) is 16.5. The molecule has 0 aliphatic rings. The third-order valence-electron chi connectivity index (χ3n) is 3.09. The van der Waals surface area contributed by atoms with Gasteiger partial charge in [-0.15, -0.1) is 11.3 Å². The molecule has 3 N–H and O–H groups in total. The van der Waals surface area contributed by atoms with Gasteiger partial charge in [-0.2, -0.15) is 0 Å². The van der Waals surface area contributed by atoms with Crippen molar-refractivity contribution in [1.82, 2.24) is 10.2 Å². The number of rotatable bonds is 6. The number of aliphatic carboxylic acids is 1. The first-order valence-electron chi connectivity index (χ1n) is 6.29. The maximum atomic E-state index is 12.0. The number of nitrogens with zero attached hydrogens (tertiary/aromatic N) is 1. The van der Waals surface area contributed by atoms with Gasteiger partial charge in [0.2, 0.25) is 0 Å². The van der Waals surface area contributed by atoms with Crippen molar-refractivity contribution in [2.24, 2.45) is 0 Å². The molecule has 0 saturated carbocycles. The van der Waals surface area contributed by atoms with Gasteiger partial charge in [-0.25, -0.2) is 9.59 Å². The van der Waals surface area contributed by atoms with Crippen molar-refractivity contribution < 1.29 is 19.8 Å². The Kier molecular flexibility index (Phi) is 5.97. The van der Waals surface area contributed by atoms with Gasteiger partial charge in [-0.1, -0.05) is 6.07 Å². The van der Waals surface area contributed by atoms with Crippen LogP contribution in [0.3, 0.4) is 0 Å². The lowest BCUT2D eigenvalue weighted by molar-refractivity contribution is -0.141. The van der Waals surface area contributed by atoms with Crippen LogP contribution in [0.2, 0.25) is 0 Å². The Morgan fingerprint density at radius 2 is 2.10 bits per heavy atom. The summed E-state index contributed by atoms with van der Waals surface area (Å²) in [6.07, 6.45) is -0.453. The van der Waals surface area contributed by atoms with Crippen LogP contribution in [0.5, 0.6) is 0 Å². The minimum absolute atomic E-state index is 0.0721. The quantitative estimate of drug-likeness (QED) is 0.735. The van der Waals surface area contributed by atoms with E-state index in [1.165, 1.54) is 11.8 Å². The second kappa shape index (κ2) is 7.25. The third-order valence-corrected chi connectivity index (χ3v) is 3.98. The summed E-state index contributed by atoms with van der Waals surface area (Å²) in [6.45, 7) is 3.21. The van der Waals surface area contributed by atoms with E-state index in [0.717, 1.165) is 4.88 Å². The molecule has 0 spiro atoms. The highest BCUT2D eigenvalue weighted by Gasteiger charge is 2.27. The van der Waals surface area contributed by atoms with Crippen molar-refractivity contribution in [1.29, 1.82) is 0 Å². The Morgan fingerprint density at radius 3 is 2.55 bits per heavy atom. The van der Waals surface area contributed by atoms with Crippen LogP contribution in [0.1, 0.15) is 18.7 Å². The highest BCUT2D eigenvalue weighted by molar-refractivity contribution is 7.09. The number of carboxylic acid groups (broad SMARTS) is 1. The summed E-state index contributed by atoms with van der Waals surface area (Å²) in [7, 11) is 1.61. The Morgan fingerprint density at radius 1 is 1.45 bits per heavy atom. The lowest BCUT2D eigenvalue weighted by Crippen LogP contribution is -2.53. The number of aliphatic hydroxyl groups excluding tert-OH is 1. The van der Waals surface area contributed by atoms with Gasteiger partial charge in [-0.05, 0) is 25.3 Å². The lowest BCUT2D eigenvalue weighted by atomic mass is 10.1. The second-order valence-corrected chi connectivity index (χ2v) is 5.78. The van der Waals surface area contributed by atoms with Crippen LogP contribution >= 0.6 is 11.3 Å². The molecule has 0 saturated heterocycles. The molecule has 1 unspecified atom stereocenters. The number of aliphatic hydroxyl groups is 1.